The van der Waals surface area contributed by atoms with Gasteiger partial charge in [-0.2, -0.15) is 4.98 Å². The van der Waals surface area contributed by atoms with Crippen LogP contribution in [0.5, 0.6) is 0 Å². The monoisotopic (exact) mass is 393 g/mol. The lowest BCUT2D eigenvalue weighted by Crippen LogP contribution is -2.20. The molecule has 2 heterocycles. The van der Waals surface area contributed by atoms with Crippen molar-refractivity contribution in [1.29, 1.82) is 0 Å². The zero-order valence-electron chi connectivity index (χ0n) is 8.77. The van der Waals surface area contributed by atoms with Gasteiger partial charge in [-0.3, -0.25) is 4.79 Å². The van der Waals surface area contributed by atoms with Crippen molar-refractivity contribution in [3.05, 3.63) is 32.8 Å². The van der Waals surface area contributed by atoms with Gasteiger partial charge in [-0.15, -0.1) is 5.10 Å². The van der Waals surface area contributed by atoms with Crippen LogP contribution in [0.1, 0.15) is 0 Å². The Morgan fingerprint density at radius 3 is 2.78 bits per heavy atom. The first kappa shape index (κ1) is 13.4. The minimum absolute atomic E-state index is 0.0312. The summed E-state index contributed by atoms with van der Waals surface area (Å²) in [5, 5.41) is 7.11. The number of anilines is 1. The fourth-order valence-corrected chi connectivity index (χ4v) is 2.25. The molecule has 2 aromatic heterocycles. The summed E-state index contributed by atoms with van der Waals surface area (Å²) < 4.78 is 2.29. The number of amides is 1. The summed E-state index contributed by atoms with van der Waals surface area (Å²) in [6.45, 7) is 0.0312. The standard InChI is InChI=1S/C9H6Br2ClN5O/c10-8-15-9(11)17(16-8)4-7(18)14-6-2-1-5(12)3-13-6/h1-3H,4H2,(H,13,14,18). The summed E-state index contributed by atoms with van der Waals surface area (Å²) in [6, 6.07) is 3.26. The molecule has 2 aromatic rings. The van der Waals surface area contributed by atoms with Crippen molar-refractivity contribution in [2.24, 2.45) is 0 Å². The molecule has 0 radical (unpaired) electrons. The van der Waals surface area contributed by atoms with E-state index in [1.165, 1.54) is 10.9 Å². The second kappa shape index (κ2) is 5.77. The fourth-order valence-electron chi connectivity index (χ4n) is 1.17. The third-order valence-electron chi connectivity index (χ3n) is 1.89. The maximum absolute atomic E-state index is 11.7. The average molecular weight is 395 g/mol. The summed E-state index contributed by atoms with van der Waals surface area (Å²) in [5.74, 6) is 0.169. The number of carbonyl (C=O) groups excluding carboxylic acids is 1. The SMILES string of the molecule is O=C(Cn1nc(Br)nc1Br)Nc1ccc(Cl)cn1. The van der Waals surface area contributed by atoms with Crippen molar-refractivity contribution in [3.63, 3.8) is 0 Å². The van der Waals surface area contributed by atoms with E-state index >= 15 is 0 Å². The van der Waals surface area contributed by atoms with E-state index in [9.17, 15) is 4.79 Å². The van der Waals surface area contributed by atoms with Gasteiger partial charge in [0, 0.05) is 6.20 Å². The van der Waals surface area contributed by atoms with Gasteiger partial charge < -0.3 is 5.32 Å². The van der Waals surface area contributed by atoms with Crippen molar-refractivity contribution < 1.29 is 4.79 Å². The van der Waals surface area contributed by atoms with E-state index in [0.29, 0.717) is 20.3 Å². The zero-order valence-corrected chi connectivity index (χ0v) is 12.7. The first-order valence-corrected chi connectivity index (χ1v) is 6.68. The molecule has 0 aliphatic carbocycles. The molecule has 0 aromatic carbocycles. The van der Waals surface area contributed by atoms with Gasteiger partial charge in [0.05, 0.1) is 5.02 Å². The van der Waals surface area contributed by atoms with Crippen LogP contribution < -0.4 is 5.32 Å². The van der Waals surface area contributed by atoms with E-state index in [1.54, 1.807) is 12.1 Å². The Hall–Kier alpha value is -0.990. The number of nitrogens with zero attached hydrogens (tertiary/aromatic N) is 4. The fraction of sp³-hybridized carbons (Fsp3) is 0.111. The molecule has 0 aliphatic rings. The molecule has 0 unspecified atom stereocenters. The lowest BCUT2D eigenvalue weighted by Gasteiger charge is -2.04. The highest BCUT2D eigenvalue weighted by Gasteiger charge is 2.10. The van der Waals surface area contributed by atoms with Crippen molar-refractivity contribution >= 4 is 55.2 Å². The largest absolute Gasteiger partial charge is 0.309 e. The number of aromatic nitrogens is 4. The van der Waals surface area contributed by atoms with E-state index in [-0.39, 0.29) is 12.5 Å². The molecule has 0 bridgehead atoms. The molecule has 18 heavy (non-hydrogen) atoms. The molecule has 6 nitrogen and oxygen atoms in total. The van der Waals surface area contributed by atoms with Crippen molar-refractivity contribution in [2.45, 2.75) is 6.54 Å². The van der Waals surface area contributed by atoms with E-state index in [1.807, 2.05) is 0 Å². The maximum atomic E-state index is 11.7. The number of halogens is 3. The molecule has 94 valence electrons. The highest BCUT2D eigenvalue weighted by Crippen LogP contribution is 2.12. The quantitative estimate of drug-likeness (QED) is 0.867. The van der Waals surface area contributed by atoms with Crippen molar-refractivity contribution in [3.8, 4) is 0 Å². The van der Waals surface area contributed by atoms with Crippen molar-refractivity contribution in [2.75, 3.05) is 5.32 Å². The molecule has 0 atom stereocenters. The lowest BCUT2D eigenvalue weighted by molar-refractivity contribution is -0.117. The van der Waals surface area contributed by atoms with Gasteiger partial charge in [-0.25, -0.2) is 9.67 Å². The van der Waals surface area contributed by atoms with Crippen LogP contribution in [0.15, 0.2) is 27.8 Å². The Morgan fingerprint density at radius 1 is 1.44 bits per heavy atom. The highest BCUT2D eigenvalue weighted by atomic mass is 79.9. The molecule has 1 N–H and O–H groups in total. The molecule has 1 amide bonds. The summed E-state index contributed by atoms with van der Waals surface area (Å²) in [4.78, 5) is 19.6. The van der Waals surface area contributed by atoms with E-state index in [0.717, 1.165) is 0 Å². The smallest absolute Gasteiger partial charge is 0.247 e. The normalized spacial score (nSPS) is 10.4. The predicted molar refractivity (Wildman–Crippen MR) is 73.3 cm³/mol. The molecule has 0 saturated heterocycles. The van der Waals surface area contributed by atoms with E-state index in [2.05, 4.69) is 52.2 Å². The summed E-state index contributed by atoms with van der Waals surface area (Å²) >= 11 is 12.0. The van der Waals surface area contributed by atoms with Gasteiger partial charge >= 0.3 is 0 Å². The highest BCUT2D eigenvalue weighted by molar-refractivity contribution is 9.11. The van der Waals surface area contributed by atoms with Crippen LogP contribution in [0.4, 0.5) is 5.82 Å². The van der Waals surface area contributed by atoms with Crippen LogP contribution in [-0.2, 0) is 11.3 Å². The van der Waals surface area contributed by atoms with E-state index < -0.39 is 0 Å². The van der Waals surface area contributed by atoms with Crippen LogP contribution >= 0.6 is 43.5 Å². The Bertz CT molecular complexity index is 571. The molecular formula is C9H6Br2ClN5O. The molecule has 0 spiro atoms. The minimum Gasteiger partial charge on any atom is -0.309 e. The molecule has 0 aliphatic heterocycles. The van der Waals surface area contributed by atoms with Gasteiger partial charge in [-0.1, -0.05) is 11.6 Å². The summed E-state index contributed by atoms with van der Waals surface area (Å²) in [5.41, 5.74) is 0. The second-order valence-corrected chi connectivity index (χ2v) is 5.07. The number of nitrogens with one attached hydrogen (secondary N) is 1. The van der Waals surface area contributed by atoms with Crippen LogP contribution in [0.3, 0.4) is 0 Å². The second-order valence-electron chi connectivity index (χ2n) is 3.22. The van der Waals surface area contributed by atoms with E-state index in [4.69, 9.17) is 11.6 Å². The lowest BCUT2D eigenvalue weighted by atomic mass is 10.4. The molecular weight excluding hydrogens is 389 g/mol. The molecule has 0 fully saturated rings. The number of carbonyl (C=O) groups is 1. The van der Waals surface area contributed by atoms with Crippen LogP contribution in [0.2, 0.25) is 5.02 Å². The predicted octanol–water partition coefficient (Wildman–Crippen LogP) is 2.49. The summed E-state index contributed by atoms with van der Waals surface area (Å²) in [7, 11) is 0. The van der Waals surface area contributed by atoms with Gasteiger partial charge in [0.1, 0.15) is 12.4 Å². The topological polar surface area (TPSA) is 72.7 Å². The Labute approximate surface area is 124 Å². The first-order valence-electron chi connectivity index (χ1n) is 4.72. The first-order chi connectivity index (χ1) is 8.54. The van der Waals surface area contributed by atoms with Crippen LogP contribution in [-0.4, -0.2) is 25.7 Å². The number of hydrogen-bond donors (Lipinski definition) is 1. The Morgan fingerprint density at radius 2 is 2.22 bits per heavy atom. The maximum Gasteiger partial charge on any atom is 0.247 e. The van der Waals surface area contributed by atoms with Gasteiger partial charge in [0.25, 0.3) is 0 Å². The third kappa shape index (κ3) is 3.50. The van der Waals surface area contributed by atoms with Crippen LogP contribution in [0, 0.1) is 0 Å². The number of pyridine rings is 1. The van der Waals surface area contributed by atoms with Gasteiger partial charge in [0.15, 0.2) is 4.73 Å². The third-order valence-corrected chi connectivity index (χ3v) is 3.04. The van der Waals surface area contributed by atoms with Crippen LogP contribution in [0.25, 0.3) is 0 Å². The molecule has 0 saturated carbocycles. The van der Waals surface area contributed by atoms with Crippen molar-refractivity contribution in [1.82, 2.24) is 19.7 Å². The average Bonchev–Trinajstić information content (AvgIpc) is 2.61. The van der Waals surface area contributed by atoms with Gasteiger partial charge in [0.2, 0.25) is 10.6 Å². The Balaban J connectivity index is 2.01. The summed E-state index contributed by atoms with van der Waals surface area (Å²) in [6.07, 6.45) is 1.46. The van der Waals surface area contributed by atoms with Gasteiger partial charge in [-0.05, 0) is 44.0 Å². The zero-order chi connectivity index (χ0) is 13.1. The Kier molecular flexibility index (Phi) is 4.31. The number of hydrogen-bond acceptors (Lipinski definition) is 4. The number of rotatable bonds is 3. The molecule has 2 rings (SSSR count). The molecule has 9 heteroatoms. The minimum atomic E-state index is -0.261.